The minimum atomic E-state index is 0.235. The van der Waals surface area contributed by atoms with E-state index in [4.69, 9.17) is 10.5 Å². The van der Waals surface area contributed by atoms with E-state index in [1.165, 1.54) is 0 Å². The Balaban J connectivity index is 2.41. The molecule has 0 heterocycles. The van der Waals surface area contributed by atoms with Crippen LogP contribution in [0.4, 0.5) is 0 Å². The second-order valence-electron chi connectivity index (χ2n) is 4.60. The lowest BCUT2D eigenvalue weighted by molar-refractivity contribution is 0.181. The topological polar surface area (TPSA) is 38.5 Å². The van der Waals surface area contributed by atoms with Crippen LogP contribution in [0.3, 0.4) is 0 Å². The van der Waals surface area contributed by atoms with Gasteiger partial charge in [-0.15, -0.1) is 0 Å². The van der Waals surface area contributed by atoms with E-state index >= 15 is 0 Å². The summed E-state index contributed by atoms with van der Waals surface area (Å²) in [6.45, 7) is 10.4. The van der Waals surface area contributed by atoms with Gasteiger partial charge in [-0.3, -0.25) is 0 Å². The van der Waals surface area contributed by atoms with Crippen molar-refractivity contribution in [2.24, 2.45) is 5.73 Å². The fourth-order valence-electron chi connectivity index (χ4n) is 1.94. The average Bonchev–Trinajstić information content (AvgIpc) is 2.40. The van der Waals surface area contributed by atoms with Gasteiger partial charge in [-0.25, -0.2) is 0 Å². The molecule has 1 unspecified atom stereocenters. The van der Waals surface area contributed by atoms with E-state index < -0.39 is 0 Å². The monoisotopic (exact) mass is 250 g/mol. The first-order valence-corrected chi connectivity index (χ1v) is 6.87. The van der Waals surface area contributed by atoms with Crippen molar-refractivity contribution in [3.05, 3.63) is 29.8 Å². The predicted molar refractivity (Wildman–Crippen MR) is 76.8 cm³/mol. The number of benzene rings is 1. The van der Waals surface area contributed by atoms with Crippen molar-refractivity contribution >= 4 is 0 Å². The number of hydrogen-bond acceptors (Lipinski definition) is 3. The molecule has 0 saturated heterocycles. The molecule has 102 valence electrons. The third-order valence-corrected chi connectivity index (χ3v) is 3.22. The van der Waals surface area contributed by atoms with Crippen molar-refractivity contribution in [2.75, 3.05) is 19.6 Å². The van der Waals surface area contributed by atoms with Crippen molar-refractivity contribution in [3.8, 4) is 5.75 Å². The van der Waals surface area contributed by atoms with Gasteiger partial charge >= 0.3 is 0 Å². The second kappa shape index (κ2) is 8.11. The summed E-state index contributed by atoms with van der Waals surface area (Å²) in [5, 5.41) is 0. The van der Waals surface area contributed by atoms with Gasteiger partial charge in [-0.05, 0) is 44.1 Å². The van der Waals surface area contributed by atoms with Crippen LogP contribution in [0.5, 0.6) is 5.75 Å². The minimum absolute atomic E-state index is 0.235. The average molecular weight is 250 g/mol. The van der Waals surface area contributed by atoms with E-state index in [0.717, 1.165) is 37.4 Å². The van der Waals surface area contributed by atoms with Gasteiger partial charge < -0.3 is 15.4 Å². The van der Waals surface area contributed by atoms with Crippen molar-refractivity contribution < 1.29 is 4.74 Å². The molecule has 0 radical (unpaired) electrons. The zero-order chi connectivity index (χ0) is 13.4. The van der Waals surface area contributed by atoms with Gasteiger partial charge in [0.15, 0.2) is 0 Å². The summed E-state index contributed by atoms with van der Waals surface area (Å²) in [6, 6.07) is 8.03. The standard InChI is InChI=1S/C15H26N2O/c1-4-17(5-2)10-9-13(3)18-15-8-6-7-14(11-15)12-16/h6-8,11,13H,4-5,9-10,12,16H2,1-3H3. The minimum Gasteiger partial charge on any atom is -0.491 e. The molecule has 0 aromatic heterocycles. The van der Waals surface area contributed by atoms with E-state index in [-0.39, 0.29) is 6.10 Å². The summed E-state index contributed by atoms with van der Waals surface area (Å²) < 4.78 is 5.91. The molecule has 3 heteroatoms. The number of ether oxygens (including phenoxy) is 1. The first-order valence-electron chi connectivity index (χ1n) is 6.87. The van der Waals surface area contributed by atoms with E-state index in [9.17, 15) is 0 Å². The highest BCUT2D eigenvalue weighted by molar-refractivity contribution is 5.28. The third-order valence-electron chi connectivity index (χ3n) is 3.22. The number of rotatable bonds is 8. The maximum absolute atomic E-state index is 5.91. The zero-order valence-corrected chi connectivity index (χ0v) is 11.9. The molecule has 0 aliphatic rings. The van der Waals surface area contributed by atoms with Crippen LogP contribution in [0.2, 0.25) is 0 Å². The smallest absolute Gasteiger partial charge is 0.120 e. The summed E-state index contributed by atoms with van der Waals surface area (Å²) >= 11 is 0. The molecule has 18 heavy (non-hydrogen) atoms. The highest BCUT2D eigenvalue weighted by atomic mass is 16.5. The molecular weight excluding hydrogens is 224 g/mol. The molecule has 0 spiro atoms. The van der Waals surface area contributed by atoms with Gasteiger partial charge in [0.1, 0.15) is 5.75 Å². The maximum atomic E-state index is 5.91. The number of nitrogens with zero attached hydrogens (tertiary/aromatic N) is 1. The van der Waals surface area contributed by atoms with Gasteiger partial charge in [0.05, 0.1) is 6.10 Å². The Bertz CT molecular complexity index is 337. The van der Waals surface area contributed by atoms with Crippen molar-refractivity contribution in [3.63, 3.8) is 0 Å². The second-order valence-corrected chi connectivity index (χ2v) is 4.60. The van der Waals surface area contributed by atoms with E-state index in [0.29, 0.717) is 6.54 Å². The number of nitrogens with two attached hydrogens (primary N) is 1. The number of hydrogen-bond donors (Lipinski definition) is 1. The Morgan fingerprint density at radius 3 is 2.61 bits per heavy atom. The molecule has 1 aromatic carbocycles. The molecule has 1 atom stereocenters. The SMILES string of the molecule is CCN(CC)CCC(C)Oc1cccc(CN)c1. The van der Waals surface area contributed by atoms with Gasteiger partial charge in [-0.1, -0.05) is 26.0 Å². The maximum Gasteiger partial charge on any atom is 0.120 e. The Morgan fingerprint density at radius 2 is 2.00 bits per heavy atom. The lowest BCUT2D eigenvalue weighted by Gasteiger charge is -2.21. The lowest BCUT2D eigenvalue weighted by Crippen LogP contribution is -2.27. The molecule has 0 bridgehead atoms. The largest absolute Gasteiger partial charge is 0.491 e. The first-order chi connectivity index (χ1) is 8.69. The van der Waals surface area contributed by atoms with Crippen LogP contribution >= 0.6 is 0 Å². The van der Waals surface area contributed by atoms with Crippen LogP contribution in [0.1, 0.15) is 32.8 Å². The van der Waals surface area contributed by atoms with Gasteiger partial charge in [0, 0.05) is 13.1 Å². The Hall–Kier alpha value is -1.06. The van der Waals surface area contributed by atoms with Crippen LogP contribution in [0.25, 0.3) is 0 Å². The summed E-state index contributed by atoms with van der Waals surface area (Å²) in [4.78, 5) is 2.41. The predicted octanol–water partition coefficient (Wildman–Crippen LogP) is 2.64. The Labute approximate surface area is 111 Å². The van der Waals surface area contributed by atoms with Crippen LogP contribution in [0, 0.1) is 0 Å². The van der Waals surface area contributed by atoms with Gasteiger partial charge in [-0.2, -0.15) is 0 Å². The molecule has 3 nitrogen and oxygen atoms in total. The van der Waals surface area contributed by atoms with Crippen molar-refractivity contribution in [2.45, 2.75) is 39.8 Å². The highest BCUT2D eigenvalue weighted by Crippen LogP contribution is 2.15. The van der Waals surface area contributed by atoms with E-state index in [1.54, 1.807) is 0 Å². The van der Waals surface area contributed by atoms with Crippen LogP contribution in [-0.4, -0.2) is 30.6 Å². The molecule has 1 rings (SSSR count). The van der Waals surface area contributed by atoms with Crippen LogP contribution in [0.15, 0.2) is 24.3 Å². The Morgan fingerprint density at radius 1 is 1.28 bits per heavy atom. The molecule has 0 amide bonds. The van der Waals surface area contributed by atoms with Crippen molar-refractivity contribution in [1.29, 1.82) is 0 Å². The first kappa shape index (κ1) is 15.0. The third kappa shape index (κ3) is 5.07. The van der Waals surface area contributed by atoms with Crippen LogP contribution < -0.4 is 10.5 Å². The van der Waals surface area contributed by atoms with E-state index in [2.05, 4.69) is 25.7 Å². The fourth-order valence-corrected chi connectivity index (χ4v) is 1.94. The highest BCUT2D eigenvalue weighted by Gasteiger charge is 2.07. The summed E-state index contributed by atoms with van der Waals surface area (Å²) in [5.41, 5.74) is 6.74. The molecular formula is C15H26N2O. The molecule has 0 aliphatic carbocycles. The lowest BCUT2D eigenvalue weighted by atomic mass is 10.2. The fraction of sp³-hybridized carbons (Fsp3) is 0.600. The Kier molecular flexibility index (Phi) is 6.76. The van der Waals surface area contributed by atoms with Gasteiger partial charge in [0.25, 0.3) is 0 Å². The zero-order valence-electron chi connectivity index (χ0n) is 11.9. The summed E-state index contributed by atoms with van der Waals surface area (Å²) in [6.07, 6.45) is 1.28. The quantitative estimate of drug-likeness (QED) is 0.771. The summed E-state index contributed by atoms with van der Waals surface area (Å²) in [7, 11) is 0. The normalized spacial score (nSPS) is 12.7. The summed E-state index contributed by atoms with van der Waals surface area (Å²) in [5.74, 6) is 0.921. The molecule has 0 aliphatic heterocycles. The molecule has 1 aromatic rings. The van der Waals surface area contributed by atoms with Crippen molar-refractivity contribution in [1.82, 2.24) is 4.90 Å². The molecule has 2 N–H and O–H groups in total. The molecule has 0 fully saturated rings. The van der Waals surface area contributed by atoms with Crippen LogP contribution in [-0.2, 0) is 6.54 Å². The van der Waals surface area contributed by atoms with Gasteiger partial charge in [0.2, 0.25) is 0 Å². The molecule has 0 saturated carbocycles. The van der Waals surface area contributed by atoms with E-state index in [1.807, 2.05) is 24.3 Å².